The van der Waals surface area contributed by atoms with Gasteiger partial charge in [0.25, 0.3) is 17.7 Å². The van der Waals surface area contributed by atoms with E-state index in [-0.39, 0.29) is 24.3 Å². The molecule has 0 atom stereocenters. The number of halogens is 5. The molecule has 0 spiro atoms. The summed E-state index contributed by atoms with van der Waals surface area (Å²) in [7, 11) is -2.99. The molecule has 0 heterocycles. The lowest BCUT2D eigenvalue weighted by atomic mass is 10.2. The number of sulfonamides is 1. The summed E-state index contributed by atoms with van der Waals surface area (Å²) in [6.07, 6.45) is 8.00. The van der Waals surface area contributed by atoms with E-state index in [4.69, 9.17) is 51.9 Å². The second kappa shape index (κ2) is 43.6. The first-order valence-corrected chi connectivity index (χ1v) is 25.7. The van der Waals surface area contributed by atoms with Crippen LogP contribution in [0, 0.1) is 0 Å². The molecule has 15 N–H and O–H groups in total. The Balaban J connectivity index is 0. The average Bonchev–Trinajstić information content (AvgIpc) is 3.32. The standard InChI is InChI=1S/C12H17ClN2O.C11H15ClN2O.C11H16N2O.C7H13F3N2O.C6H16N2O2S/c13-11-6-4-10(5-7-11)12(16)15-9-3-1-2-8-14;12-10-5-3-9(4-6-10)11(15)14-8-2-1-7-13;12-8-4-5-9-13-11(14)10-6-2-1-3-7-10;8-7(9,10)6(13)12-5-3-1-2-4-11;1-11(9,10)8-6-4-2-3-5-7/h4-7H,1-3,8-9,14H2,(H,15,16);3-6H,1-2,7-8,13H2,(H,14,15);1-3,6-7H,4-5,8-9,12H2,(H,13,14);1-5,11H2,(H,12,13);8H,2-7H2,1H3. The van der Waals surface area contributed by atoms with Gasteiger partial charge < -0.3 is 49.9 Å². The van der Waals surface area contributed by atoms with Gasteiger partial charge in [0, 0.05) is 59.5 Å². The topological polar surface area (TPSA) is 293 Å². The minimum Gasteiger partial charge on any atom is -0.352 e. The quantitative estimate of drug-likeness (QED) is 0.0418. The van der Waals surface area contributed by atoms with E-state index in [0.29, 0.717) is 92.1 Å². The lowest BCUT2D eigenvalue weighted by Crippen LogP contribution is -2.37. The van der Waals surface area contributed by atoms with Crippen LogP contribution in [0.5, 0.6) is 0 Å². The van der Waals surface area contributed by atoms with Gasteiger partial charge in [-0.2, -0.15) is 13.2 Å². The molecule has 0 saturated heterocycles. The number of carbonyl (C=O) groups excluding carboxylic acids is 4. The minimum atomic E-state index is -4.77. The van der Waals surface area contributed by atoms with Gasteiger partial charge in [-0.1, -0.05) is 60.7 Å². The van der Waals surface area contributed by atoms with Crippen LogP contribution in [0.4, 0.5) is 13.2 Å². The van der Waals surface area contributed by atoms with E-state index in [9.17, 15) is 40.8 Å². The molecule has 4 amide bonds. The van der Waals surface area contributed by atoms with Crippen molar-refractivity contribution in [2.75, 3.05) is 71.7 Å². The highest BCUT2D eigenvalue weighted by atomic mass is 35.5. The Morgan fingerprint density at radius 1 is 0.449 bits per heavy atom. The summed E-state index contributed by atoms with van der Waals surface area (Å²) in [5, 5.41) is 11.6. The molecule has 16 nitrogen and oxygen atoms in total. The number of rotatable bonds is 27. The molecule has 22 heteroatoms. The van der Waals surface area contributed by atoms with E-state index in [2.05, 4.69) is 20.7 Å². The Morgan fingerprint density at radius 2 is 0.739 bits per heavy atom. The van der Waals surface area contributed by atoms with Crippen LogP contribution in [-0.2, 0) is 14.8 Å². The van der Waals surface area contributed by atoms with Crippen molar-refractivity contribution in [1.82, 2.24) is 26.0 Å². The normalized spacial score (nSPS) is 10.5. The van der Waals surface area contributed by atoms with Gasteiger partial charge >= 0.3 is 12.1 Å². The number of carbonyl (C=O) groups is 4. The highest BCUT2D eigenvalue weighted by Crippen LogP contribution is 2.14. The molecule has 392 valence electrons. The van der Waals surface area contributed by atoms with Crippen LogP contribution in [0.25, 0.3) is 0 Å². The first kappa shape index (κ1) is 66.7. The summed E-state index contributed by atoms with van der Waals surface area (Å²) in [5.74, 6) is -2.00. The largest absolute Gasteiger partial charge is 0.471 e. The molecular weight excluding hydrogens is 961 g/mol. The molecule has 0 radical (unpaired) electrons. The van der Waals surface area contributed by atoms with Gasteiger partial charge in [-0.15, -0.1) is 0 Å². The Kier molecular flexibility index (Phi) is 42.2. The van der Waals surface area contributed by atoms with E-state index < -0.39 is 22.1 Å². The summed E-state index contributed by atoms with van der Waals surface area (Å²) < 4.78 is 58.2. The van der Waals surface area contributed by atoms with Crippen LogP contribution in [-0.4, -0.2) is 110 Å². The number of nitrogens with one attached hydrogen (secondary N) is 5. The van der Waals surface area contributed by atoms with Gasteiger partial charge in [-0.3, -0.25) is 19.2 Å². The van der Waals surface area contributed by atoms with E-state index in [1.165, 1.54) is 0 Å². The van der Waals surface area contributed by atoms with E-state index in [1.54, 1.807) is 66.0 Å². The summed E-state index contributed by atoms with van der Waals surface area (Å²) >= 11 is 11.5. The lowest BCUT2D eigenvalue weighted by molar-refractivity contribution is -0.173. The van der Waals surface area contributed by atoms with Crippen LogP contribution in [0.2, 0.25) is 10.0 Å². The van der Waals surface area contributed by atoms with Crippen LogP contribution in [0.1, 0.15) is 115 Å². The zero-order valence-electron chi connectivity index (χ0n) is 39.9. The molecule has 0 aliphatic rings. The molecule has 69 heavy (non-hydrogen) atoms. The molecular formula is C47H77Cl2F3N10O6S. The Bertz CT molecular complexity index is 1870. The van der Waals surface area contributed by atoms with E-state index >= 15 is 0 Å². The Hall–Kier alpha value is -4.38. The molecule has 3 aromatic rings. The molecule has 3 aromatic carbocycles. The van der Waals surface area contributed by atoms with Gasteiger partial charge in [0.15, 0.2) is 0 Å². The zero-order chi connectivity index (χ0) is 52.2. The molecule has 0 bridgehead atoms. The van der Waals surface area contributed by atoms with Crippen LogP contribution in [0.15, 0.2) is 78.9 Å². The fourth-order valence-electron chi connectivity index (χ4n) is 5.14. The van der Waals surface area contributed by atoms with Gasteiger partial charge in [-0.05, 0) is 158 Å². The monoisotopic (exact) mass is 1040 g/mol. The molecule has 0 aliphatic heterocycles. The summed E-state index contributed by atoms with van der Waals surface area (Å²) in [4.78, 5) is 44.8. The van der Waals surface area contributed by atoms with Crippen molar-refractivity contribution in [3.63, 3.8) is 0 Å². The number of hydrogen-bond acceptors (Lipinski definition) is 11. The van der Waals surface area contributed by atoms with Gasteiger partial charge in [0.05, 0.1) is 6.26 Å². The van der Waals surface area contributed by atoms with Crippen molar-refractivity contribution >= 4 is 56.9 Å². The number of amides is 4. The number of unbranched alkanes of at least 4 members (excludes halogenated alkanes) is 8. The average molecular weight is 1040 g/mol. The van der Waals surface area contributed by atoms with Gasteiger partial charge in [0.2, 0.25) is 10.0 Å². The fourth-order valence-corrected chi connectivity index (χ4v) is 5.91. The molecule has 0 unspecified atom stereocenters. The van der Waals surface area contributed by atoms with Crippen molar-refractivity contribution < 1.29 is 40.8 Å². The maximum atomic E-state index is 11.6. The summed E-state index contributed by atoms with van der Waals surface area (Å²) in [5.41, 5.74) is 28.5. The molecule has 0 aromatic heterocycles. The van der Waals surface area contributed by atoms with Crippen molar-refractivity contribution in [1.29, 1.82) is 0 Å². The first-order chi connectivity index (χ1) is 32.9. The van der Waals surface area contributed by atoms with Crippen molar-refractivity contribution in [2.45, 2.75) is 89.6 Å². The number of alkyl halides is 3. The SMILES string of the molecule is CS(=O)(=O)NCCCCCN.NCCCCCNC(=O)C(F)(F)F.NCCCCCNC(=O)c1ccc(Cl)cc1.NCCCCNC(=O)c1ccc(Cl)cc1.NCCCCNC(=O)c1ccccc1. The zero-order valence-corrected chi connectivity index (χ0v) is 42.2. The van der Waals surface area contributed by atoms with Crippen molar-refractivity contribution in [3.05, 3.63) is 106 Å². The van der Waals surface area contributed by atoms with E-state index in [1.807, 2.05) is 18.2 Å². The third kappa shape index (κ3) is 42.2. The molecule has 3 rings (SSSR count). The van der Waals surface area contributed by atoms with Crippen LogP contribution < -0.4 is 54.7 Å². The molecule has 0 saturated carbocycles. The fraction of sp³-hybridized carbons (Fsp3) is 0.532. The maximum Gasteiger partial charge on any atom is 0.471 e. The molecule has 0 aliphatic carbocycles. The summed E-state index contributed by atoms with van der Waals surface area (Å²) in [6, 6.07) is 22.9. The second-order valence-electron chi connectivity index (χ2n) is 15.1. The summed E-state index contributed by atoms with van der Waals surface area (Å²) in [6.45, 7) is 5.90. The Morgan fingerprint density at radius 3 is 1.06 bits per heavy atom. The third-order valence-corrected chi connectivity index (χ3v) is 10.1. The number of nitrogens with two attached hydrogens (primary N) is 5. The van der Waals surface area contributed by atoms with Crippen LogP contribution >= 0.6 is 23.2 Å². The van der Waals surface area contributed by atoms with Gasteiger partial charge in [0.1, 0.15) is 0 Å². The van der Waals surface area contributed by atoms with Crippen LogP contribution in [0.3, 0.4) is 0 Å². The highest BCUT2D eigenvalue weighted by molar-refractivity contribution is 7.88. The number of hydrogen-bond donors (Lipinski definition) is 10. The van der Waals surface area contributed by atoms with Gasteiger partial charge in [-0.25, -0.2) is 13.1 Å². The third-order valence-electron chi connectivity index (χ3n) is 8.92. The predicted molar refractivity (Wildman–Crippen MR) is 274 cm³/mol. The predicted octanol–water partition coefficient (Wildman–Crippen LogP) is 5.62. The number of benzene rings is 3. The lowest BCUT2D eigenvalue weighted by Gasteiger charge is -2.06. The second-order valence-corrected chi connectivity index (χ2v) is 17.8. The molecule has 0 fully saturated rings. The maximum absolute atomic E-state index is 11.6. The minimum absolute atomic E-state index is 0.0115. The highest BCUT2D eigenvalue weighted by Gasteiger charge is 2.38. The Labute approximate surface area is 417 Å². The van der Waals surface area contributed by atoms with Crippen molar-refractivity contribution in [2.24, 2.45) is 28.7 Å². The smallest absolute Gasteiger partial charge is 0.352 e. The first-order valence-electron chi connectivity index (χ1n) is 23.1. The van der Waals surface area contributed by atoms with E-state index in [0.717, 1.165) is 83.3 Å². The van der Waals surface area contributed by atoms with Crippen molar-refractivity contribution in [3.8, 4) is 0 Å².